The van der Waals surface area contributed by atoms with E-state index in [9.17, 15) is 4.79 Å². The summed E-state index contributed by atoms with van der Waals surface area (Å²) in [6.45, 7) is 4.12. The summed E-state index contributed by atoms with van der Waals surface area (Å²) < 4.78 is 0. The highest BCUT2D eigenvalue weighted by Gasteiger charge is 2.31. The first-order valence-electron chi connectivity index (χ1n) is 6.32. The van der Waals surface area contributed by atoms with E-state index in [1.807, 2.05) is 14.0 Å². The fourth-order valence-corrected chi connectivity index (χ4v) is 2.30. The van der Waals surface area contributed by atoms with Crippen LogP contribution in [0.2, 0.25) is 0 Å². The van der Waals surface area contributed by atoms with Gasteiger partial charge in [-0.3, -0.25) is 0 Å². The zero-order valence-corrected chi connectivity index (χ0v) is 10.6. The van der Waals surface area contributed by atoms with E-state index >= 15 is 0 Å². The van der Waals surface area contributed by atoms with E-state index in [0.29, 0.717) is 6.54 Å². The summed E-state index contributed by atoms with van der Waals surface area (Å²) in [5, 5.41) is 3.00. The molecule has 0 atom stereocenters. The first-order valence-corrected chi connectivity index (χ1v) is 6.32. The molecule has 0 aromatic heterocycles. The second-order valence-corrected chi connectivity index (χ2v) is 4.94. The summed E-state index contributed by atoms with van der Waals surface area (Å²) in [5.41, 5.74) is 6.02. The zero-order valence-electron chi connectivity index (χ0n) is 10.6. The number of carbonyl (C=O) groups is 1. The number of nitrogens with zero attached hydrogens (tertiary/aromatic N) is 1. The molecular formula is C12H25N3O. The Labute approximate surface area is 98.6 Å². The molecule has 1 fully saturated rings. The number of hydrogen-bond acceptors (Lipinski definition) is 2. The third-order valence-electron chi connectivity index (χ3n) is 3.78. The van der Waals surface area contributed by atoms with Crippen LogP contribution < -0.4 is 11.1 Å². The monoisotopic (exact) mass is 227 g/mol. The fraction of sp³-hybridized carbons (Fsp3) is 0.917. The second-order valence-electron chi connectivity index (χ2n) is 4.94. The predicted molar refractivity (Wildman–Crippen MR) is 66.3 cm³/mol. The molecule has 16 heavy (non-hydrogen) atoms. The van der Waals surface area contributed by atoms with Crippen molar-refractivity contribution in [3.63, 3.8) is 0 Å². The Morgan fingerprint density at radius 3 is 2.50 bits per heavy atom. The Balaban J connectivity index is 2.41. The van der Waals surface area contributed by atoms with Gasteiger partial charge in [-0.05, 0) is 26.3 Å². The van der Waals surface area contributed by atoms with E-state index in [0.717, 1.165) is 25.9 Å². The highest BCUT2D eigenvalue weighted by Crippen LogP contribution is 2.34. The maximum Gasteiger partial charge on any atom is 0.317 e. The first kappa shape index (κ1) is 13.3. The highest BCUT2D eigenvalue weighted by atomic mass is 16.2. The predicted octanol–water partition coefficient (Wildman–Crippen LogP) is 1.56. The minimum atomic E-state index is 0.0147. The average Bonchev–Trinajstić information content (AvgIpc) is 2.36. The van der Waals surface area contributed by atoms with Crippen LogP contribution in [0.15, 0.2) is 0 Å². The number of urea groups is 1. The number of amides is 2. The van der Waals surface area contributed by atoms with Crippen LogP contribution in [0.3, 0.4) is 0 Å². The lowest BCUT2D eigenvalue weighted by molar-refractivity contribution is 0.175. The fourth-order valence-electron chi connectivity index (χ4n) is 2.30. The molecule has 0 aromatic rings. The molecule has 0 aliphatic heterocycles. The van der Waals surface area contributed by atoms with Crippen LogP contribution in [-0.2, 0) is 0 Å². The third kappa shape index (κ3) is 3.37. The van der Waals surface area contributed by atoms with Crippen LogP contribution in [0.25, 0.3) is 0 Å². The van der Waals surface area contributed by atoms with E-state index in [2.05, 4.69) is 5.32 Å². The molecule has 3 N–H and O–H groups in total. The maximum absolute atomic E-state index is 11.6. The summed E-state index contributed by atoms with van der Waals surface area (Å²) in [4.78, 5) is 13.3. The van der Waals surface area contributed by atoms with Crippen LogP contribution in [0.1, 0.15) is 39.0 Å². The largest absolute Gasteiger partial charge is 0.337 e. The molecule has 0 heterocycles. The molecule has 0 bridgehead atoms. The molecule has 1 aliphatic carbocycles. The molecule has 0 unspecified atom stereocenters. The van der Waals surface area contributed by atoms with Crippen molar-refractivity contribution in [1.82, 2.24) is 10.2 Å². The highest BCUT2D eigenvalue weighted by molar-refractivity contribution is 5.73. The van der Waals surface area contributed by atoms with Crippen molar-refractivity contribution < 1.29 is 4.79 Å². The second kappa shape index (κ2) is 6.09. The molecule has 94 valence electrons. The Morgan fingerprint density at radius 1 is 1.38 bits per heavy atom. The van der Waals surface area contributed by atoms with Gasteiger partial charge in [-0.1, -0.05) is 19.3 Å². The quantitative estimate of drug-likeness (QED) is 0.765. The normalized spacial score (nSPS) is 19.2. The van der Waals surface area contributed by atoms with Crippen molar-refractivity contribution in [1.29, 1.82) is 0 Å². The van der Waals surface area contributed by atoms with Gasteiger partial charge in [0.05, 0.1) is 0 Å². The molecular weight excluding hydrogens is 202 g/mol. The number of nitrogens with two attached hydrogens (primary N) is 1. The van der Waals surface area contributed by atoms with Gasteiger partial charge in [0.1, 0.15) is 0 Å². The minimum absolute atomic E-state index is 0.0147. The van der Waals surface area contributed by atoms with Gasteiger partial charge >= 0.3 is 6.03 Å². The molecule has 1 rings (SSSR count). The molecule has 1 aliphatic rings. The average molecular weight is 227 g/mol. The molecule has 0 spiro atoms. The lowest BCUT2D eigenvalue weighted by Crippen LogP contribution is -2.47. The van der Waals surface area contributed by atoms with E-state index in [4.69, 9.17) is 5.73 Å². The van der Waals surface area contributed by atoms with Crippen molar-refractivity contribution >= 4 is 6.03 Å². The van der Waals surface area contributed by atoms with Gasteiger partial charge in [-0.25, -0.2) is 4.79 Å². The summed E-state index contributed by atoms with van der Waals surface area (Å²) in [6.07, 6.45) is 6.11. The van der Waals surface area contributed by atoms with Crippen LogP contribution >= 0.6 is 0 Å². The molecule has 0 radical (unpaired) electrons. The van der Waals surface area contributed by atoms with Crippen LogP contribution in [0.4, 0.5) is 4.79 Å². The topological polar surface area (TPSA) is 58.4 Å². The number of carbonyl (C=O) groups excluding carboxylic acids is 1. The summed E-state index contributed by atoms with van der Waals surface area (Å²) in [6, 6.07) is 0.0147. The van der Waals surface area contributed by atoms with Crippen molar-refractivity contribution in [2.45, 2.75) is 39.0 Å². The van der Waals surface area contributed by atoms with E-state index in [-0.39, 0.29) is 11.4 Å². The number of hydrogen-bond donors (Lipinski definition) is 2. The Morgan fingerprint density at radius 2 is 2.00 bits per heavy atom. The molecule has 0 aromatic carbocycles. The maximum atomic E-state index is 11.6. The lowest BCUT2D eigenvalue weighted by Gasteiger charge is -2.36. The third-order valence-corrected chi connectivity index (χ3v) is 3.78. The Hall–Kier alpha value is -0.770. The number of nitrogens with one attached hydrogen (secondary N) is 1. The standard InChI is InChI=1S/C12H25N3O/c1-3-15(2)11(16)14-10-12(9-13)7-5-4-6-8-12/h3-10,13H2,1-2H3,(H,14,16). The molecule has 2 amide bonds. The van der Waals surface area contributed by atoms with E-state index < -0.39 is 0 Å². The van der Waals surface area contributed by atoms with Crippen LogP contribution in [0, 0.1) is 5.41 Å². The van der Waals surface area contributed by atoms with Crippen LogP contribution in [0.5, 0.6) is 0 Å². The minimum Gasteiger partial charge on any atom is -0.337 e. The molecule has 4 heteroatoms. The zero-order chi connectivity index (χ0) is 12.0. The number of rotatable bonds is 4. The molecule has 0 saturated heterocycles. The smallest absolute Gasteiger partial charge is 0.317 e. The van der Waals surface area contributed by atoms with Gasteiger partial charge in [0.15, 0.2) is 0 Å². The summed E-state index contributed by atoms with van der Waals surface area (Å²) in [5.74, 6) is 0. The van der Waals surface area contributed by atoms with Gasteiger partial charge in [-0.2, -0.15) is 0 Å². The van der Waals surface area contributed by atoms with Crippen molar-refractivity contribution in [2.24, 2.45) is 11.1 Å². The summed E-state index contributed by atoms with van der Waals surface area (Å²) >= 11 is 0. The van der Waals surface area contributed by atoms with Crippen molar-refractivity contribution in [3.05, 3.63) is 0 Å². The Kier molecular flexibility index (Phi) is 5.06. The lowest BCUT2D eigenvalue weighted by atomic mass is 9.74. The molecule has 4 nitrogen and oxygen atoms in total. The SMILES string of the molecule is CCN(C)C(=O)NCC1(CN)CCCCC1. The Bertz CT molecular complexity index is 224. The van der Waals surface area contributed by atoms with E-state index in [1.54, 1.807) is 4.90 Å². The van der Waals surface area contributed by atoms with Gasteiger partial charge in [0.2, 0.25) is 0 Å². The van der Waals surface area contributed by atoms with Crippen molar-refractivity contribution in [3.8, 4) is 0 Å². The van der Waals surface area contributed by atoms with E-state index in [1.165, 1.54) is 19.3 Å². The van der Waals surface area contributed by atoms with Gasteiger partial charge in [0, 0.05) is 25.6 Å². The van der Waals surface area contributed by atoms with Gasteiger partial charge < -0.3 is 16.0 Å². The van der Waals surface area contributed by atoms with Gasteiger partial charge in [0.25, 0.3) is 0 Å². The molecule has 1 saturated carbocycles. The first-order chi connectivity index (χ1) is 7.63. The van der Waals surface area contributed by atoms with Crippen molar-refractivity contribution in [2.75, 3.05) is 26.7 Å². The van der Waals surface area contributed by atoms with Crippen LogP contribution in [-0.4, -0.2) is 37.6 Å². The van der Waals surface area contributed by atoms with Gasteiger partial charge in [-0.15, -0.1) is 0 Å². The summed E-state index contributed by atoms with van der Waals surface area (Å²) in [7, 11) is 1.81.